The SMILES string of the molecule is CC.CN(Cc1ccc(Cl)c(Cl)c1)C(=O)C1=C(O)C(=O)N(C/C2=C/C/C=C(/C(=O)O)CCC2)C1. The molecule has 1 aromatic rings. The molecule has 1 aliphatic carbocycles. The van der Waals surface area contributed by atoms with Gasteiger partial charge < -0.3 is 20.0 Å². The highest BCUT2D eigenvalue weighted by Gasteiger charge is 2.35. The van der Waals surface area contributed by atoms with Crippen LogP contribution in [0.15, 0.2) is 52.8 Å². The number of aliphatic hydroxyl groups is 1. The van der Waals surface area contributed by atoms with Crippen molar-refractivity contribution in [2.24, 2.45) is 0 Å². The minimum Gasteiger partial charge on any atom is -0.503 e. The van der Waals surface area contributed by atoms with E-state index in [1.165, 1.54) is 9.80 Å². The van der Waals surface area contributed by atoms with E-state index in [0.717, 1.165) is 11.1 Å². The predicted octanol–water partition coefficient (Wildman–Crippen LogP) is 5.14. The Morgan fingerprint density at radius 3 is 2.47 bits per heavy atom. The molecule has 1 aliphatic heterocycles. The Kier molecular flexibility index (Phi) is 10.2. The number of hydrogen-bond donors (Lipinski definition) is 2. The summed E-state index contributed by atoms with van der Waals surface area (Å²) in [6.07, 6.45) is 5.82. The fourth-order valence-corrected chi connectivity index (χ4v) is 4.11. The van der Waals surface area contributed by atoms with Crippen LogP contribution in [0.25, 0.3) is 0 Å². The van der Waals surface area contributed by atoms with Crippen LogP contribution in [0.5, 0.6) is 0 Å². The minimum absolute atomic E-state index is 0.0166. The van der Waals surface area contributed by atoms with Gasteiger partial charge in [-0.05, 0) is 43.4 Å². The number of carbonyl (C=O) groups excluding carboxylic acids is 2. The van der Waals surface area contributed by atoms with Gasteiger partial charge in [-0.15, -0.1) is 0 Å². The molecule has 2 aliphatic rings. The first-order valence-corrected chi connectivity index (χ1v) is 11.9. The molecular weight excluding hydrogens is 479 g/mol. The van der Waals surface area contributed by atoms with Crippen LogP contribution in [0.4, 0.5) is 0 Å². The van der Waals surface area contributed by atoms with Crippen molar-refractivity contribution >= 4 is 41.0 Å². The van der Waals surface area contributed by atoms with E-state index in [2.05, 4.69) is 0 Å². The van der Waals surface area contributed by atoms with Gasteiger partial charge in [0.2, 0.25) is 0 Å². The zero-order valence-corrected chi connectivity index (χ0v) is 21.1. The molecule has 0 unspecified atom stereocenters. The summed E-state index contributed by atoms with van der Waals surface area (Å²) >= 11 is 12.0. The Morgan fingerprint density at radius 1 is 1.12 bits per heavy atom. The van der Waals surface area contributed by atoms with E-state index in [9.17, 15) is 19.5 Å². The standard InChI is InChI=1S/C23H24Cl2N2O5.C2H6/c1-26(11-15-8-9-18(24)19(25)10-15)21(29)17-13-27(22(30)20(17)28)12-14-4-2-6-16(23(31)32)7-3-5-14;1-2/h4,6,8-10,28H,2-3,5,7,11-13H2,1H3,(H,31,32);1-2H3/b14-4+,16-6+;. The van der Waals surface area contributed by atoms with Gasteiger partial charge in [-0.2, -0.15) is 0 Å². The lowest BCUT2D eigenvalue weighted by atomic mass is 9.99. The zero-order chi connectivity index (χ0) is 25.4. The van der Waals surface area contributed by atoms with Crippen molar-refractivity contribution in [3.05, 3.63) is 68.4 Å². The summed E-state index contributed by atoms with van der Waals surface area (Å²) in [5, 5.41) is 20.3. The van der Waals surface area contributed by atoms with Crippen LogP contribution in [0.1, 0.15) is 45.1 Å². The molecular formula is C25H30Cl2N2O5. The van der Waals surface area contributed by atoms with Gasteiger partial charge in [0.05, 0.1) is 22.2 Å². The van der Waals surface area contributed by atoms with Gasteiger partial charge in [-0.25, -0.2) is 4.79 Å². The molecule has 3 rings (SSSR count). The number of halogens is 2. The van der Waals surface area contributed by atoms with Crippen molar-refractivity contribution in [3.63, 3.8) is 0 Å². The van der Waals surface area contributed by atoms with E-state index >= 15 is 0 Å². The number of carboxylic acid groups (broad SMARTS) is 1. The van der Waals surface area contributed by atoms with Gasteiger partial charge in [0.25, 0.3) is 11.8 Å². The molecule has 0 bridgehead atoms. The van der Waals surface area contributed by atoms with Crippen LogP contribution in [-0.2, 0) is 20.9 Å². The smallest absolute Gasteiger partial charge is 0.331 e. The summed E-state index contributed by atoms with van der Waals surface area (Å²) in [7, 11) is 1.59. The van der Waals surface area contributed by atoms with Gasteiger partial charge in [0, 0.05) is 25.7 Å². The van der Waals surface area contributed by atoms with Gasteiger partial charge in [-0.1, -0.05) is 60.8 Å². The maximum Gasteiger partial charge on any atom is 0.331 e. The normalized spacial score (nSPS) is 19.2. The molecule has 0 fully saturated rings. The average Bonchev–Trinajstić information content (AvgIpc) is 3.07. The third-order valence-corrected chi connectivity index (χ3v) is 6.26. The van der Waals surface area contributed by atoms with Crippen LogP contribution in [0, 0.1) is 0 Å². The predicted molar refractivity (Wildman–Crippen MR) is 133 cm³/mol. The third-order valence-electron chi connectivity index (χ3n) is 5.52. The summed E-state index contributed by atoms with van der Waals surface area (Å²) in [5.41, 5.74) is 2.20. The van der Waals surface area contributed by atoms with Crippen LogP contribution < -0.4 is 0 Å². The summed E-state index contributed by atoms with van der Waals surface area (Å²) in [5.74, 6) is -2.46. The van der Waals surface area contributed by atoms with E-state index in [4.69, 9.17) is 28.3 Å². The monoisotopic (exact) mass is 508 g/mol. The fraction of sp³-hybridized carbons (Fsp3) is 0.400. The van der Waals surface area contributed by atoms with Crippen molar-refractivity contribution in [1.82, 2.24) is 9.80 Å². The summed E-state index contributed by atoms with van der Waals surface area (Å²) in [6.45, 7) is 4.54. The van der Waals surface area contributed by atoms with Crippen LogP contribution in [-0.4, -0.2) is 57.9 Å². The Bertz CT molecular complexity index is 1050. The van der Waals surface area contributed by atoms with Gasteiger partial charge in [0.15, 0.2) is 5.76 Å². The maximum atomic E-state index is 12.9. The Balaban J connectivity index is 0.00000199. The molecule has 7 nitrogen and oxygen atoms in total. The minimum atomic E-state index is -0.904. The zero-order valence-electron chi connectivity index (χ0n) is 19.6. The van der Waals surface area contributed by atoms with Gasteiger partial charge >= 0.3 is 5.97 Å². The molecule has 34 heavy (non-hydrogen) atoms. The van der Waals surface area contributed by atoms with Crippen molar-refractivity contribution in [2.75, 3.05) is 20.1 Å². The topological polar surface area (TPSA) is 98.2 Å². The number of carbonyl (C=O) groups is 3. The van der Waals surface area contributed by atoms with E-state index in [1.54, 1.807) is 31.3 Å². The highest BCUT2D eigenvalue weighted by Crippen LogP contribution is 2.26. The van der Waals surface area contributed by atoms with Crippen molar-refractivity contribution in [3.8, 4) is 0 Å². The highest BCUT2D eigenvalue weighted by molar-refractivity contribution is 6.42. The number of hydrogen-bond acceptors (Lipinski definition) is 4. The van der Waals surface area contributed by atoms with Crippen LogP contribution in [0.2, 0.25) is 10.0 Å². The number of carboxylic acids is 1. The van der Waals surface area contributed by atoms with Crippen LogP contribution >= 0.6 is 23.2 Å². The van der Waals surface area contributed by atoms with E-state index in [0.29, 0.717) is 41.3 Å². The lowest BCUT2D eigenvalue weighted by Crippen LogP contribution is -2.32. The van der Waals surface area contributed by atoms with E-state index in [1.807, 2.05) is 19.9 Å². The maximum absolute atomic E-state index is 12.9. The quantitative estimate of drug-likeness (QED) is 0.518. The number of amides is 2. The summed E-state index contributed by atoms with van der Waals surface area (Å²) in [4.78, 5) is 39.4. The molecule has 2 amide bonds. The number of rotatable bonds is 6. The first-order chi connectivity index (χ1) is 16.2. The fourth-order valence-electron chi connectivity index (χ4n) is 3.79. The van der Waals surface area contributed by atoms with Crippen molar-refractivity contribution in [1.29, 1.82) is 0 Å². The second-order valence-corrected chi connectivity index (χ2v) is 8.70. The molecule has 184 valence electrons. The number of aliphatic carboxylic acids is 1. The molecule has 0 saturated heterocycles. The average molecular weight is 509 g/mol. The van der Waals surface area contributed by atoms with Crippen molar-refractivity contribution in [2.45, 2.75) is 46.1 Å². The number of allylic oxidation sites excluding steroid dienone is 2. The Morgan fingerprint density at radius 2 is 1.82 bits per heavy atom. The molecule has 0 atom stereocenters. The van der Waals surface area contributed by atoms with Crippen LogP contribution in [0.3, 0.4) is 0 Å². The molecule has 2 N–H and O–H groups in total. The van der Waals surface area contributed by atoms with E-state index in [-0.39, 0.29) is 25.2 Å². The molecule has 1 heterocycles. The number of benzene rings is 1. The third kappa shape index (κ3) is 6.87. The summed E-state index contributed by atoms with van der Waals surface area (Å²) in [6, 6.07) is 5.06. The van der Waals surface area contributed by atoms with E-state index < -0.39 is 23.5 Å². The molecule has 0 spiro atoms. The Labute approximate surface area is 209 Å². The van der Waals surface area contributed by atoms with Gasteiger partial charge in [0.1, 0.15) is 0 Å². The Hall–Kier alpha value is -2.77. The first kappa shape index (κ1) is 27.5. The second-order valence-electron chi connectivity index (χ2n) is 7.88. The highest BCUT2D eigenvalue weighted by atomic mass is 35.5. The summed E-state index contributed by atoms with van der Waals surface area (Å²) < 4.78 is 0. The lowest BCUT2D eigenvalue weighted by Gasteiger charge is -2.21. The lowest BCUT2D eigenvalue weighted by molar-refractivity contribution is -0.133. The number of likely N-dealkylation sites (N-methyl/N-ethyl adjacent to an activating group) is 1. The molecule has 9 heteroatoms. The largest absolute Gasteiger partial charge is 0.503 e. The second kappa shape index (κ2) is 12.6. The number of aliphatic hydroxyl groups excluding tert-OH is 1. The van der Waals surface area contributed by atoms with Crippen molar-refractivity contribution < 1.29 is 24.6 Å². The molecule has 0 aromatic heterocycles. The molecule has 0 saturated carbocycles. The van der Waals surface area contributed by atoms with Gasteiger partial charge in [-0.3, -0.25) is 9.59 Å². The molecule has 1 aromatic carbocycles. The first-order valence-electron chi connectivity index (χ1n) is 11.2. The molecule has 0 radical (unpaired) electrons. The number of nitrogens with zero attached hydrogens (tertiary/aromatic N) is 2.